The van der Waals surface area contributed by atoms with Gasteiger partial charge >= 0.3 is 0 Å². The Morgan fingerprint density at radius 3 is 1.98 bits per heavy atom. The van der Waals surface area contributed by atoms with Crippen LogP contribution in [0.15, 0.2) is 162 Å². The van der Waals surface area contributed by atoms with Crippen LogP contribution < -0.4 is 0 Å². The molecule has 0 aliphatic carbocycles. The van der Waals surface area contributed by atoms with Gasteiger partial charge in [0.2, 0.25) is 0 Å². The van der Waals surface area contributed by atoms with E-state index in [1.54, 1.807) is 0 Å². The van der Waals surface area contributed by atoms with Gasteiger partial charge in [-0.25, -0.2) is 0 Å². The molecule has 0 aliphatic rings. The maximum atomic E-state index is 9.02. The number of benzene rings is 8. The molecule has 0 fully saturated rings. The fraction of sp³-hybridized carbons (Fsp3) is 0. The molecule has 0 bridgehead atoms. The van der Waals surface area contributed by atoms with Crippen LogP contribution in [0.3, 0.4) is 0 Å². The van der Waals surface area contributed by atoms with E-state index in [0.29, 0.717) is 5.56 Å². The first kappa shape index (κ1) is 19.5. The third kappa shape index (κ3) is 3.65. The molecule has 9 aromatic rings. The van der Waals surface area contributed by atoms with E-state index >= 15 is 0 Å². The molecule has 0 spiro atoms. The van der Waals surface area contributed by atoms with Gasteiger partial charge in [-0.2, -0.15) is 0 Å². The second-order valence-corrected chi connectivity index (χ2v) is 10.9. The van der Waals surface area contributed by atoms with Crippen molar-refractivity contribution in [2.24, 2.45) is 0 Å². The molecule has 0 atom stereocenters. The Hall–Kier alpha value is -5.66. The Bertz CT molecular complexity index is 2750. The summed E-state index contributed by atoms with van der Waals surface area (Å²) in [6.07, 6.45) is 0. The van der Waals surface area contributed by atoms with Gasteiger partial charge in [0.25, 0.3) is 0 Å². The van der Waals surface area contributed by atoms with Crippen LogP contribution in [0.4, 0.5) is 0 Å². The molecular formula is C42H26O. The second-order valence-electron chi connectivity index (χ2n) is 10.9. The average Bonchev–Trinajstić information content (AvgIpc) is 3.53. The van der Waals surface area contributed by atoms with Gasteiger partial charge in [0.05, 0.1) is 6.85 Å². The van der Waals surface area contributed by atoms with Crippen LogP contribution in [-0.2, 0) is 0 Å². The molecule has 9 rings (SSSR count). The molecule has 0 amide bonds. The van der Waals surface area contributed by atoms with Crippen molar-refractivity contribution in [1.82, 2.24) is 0 Å². The maximum absolute atomic E-state index is 9.02. The first-order chi connectivity index (χ1) is 23.4. The third-order valence-electron chi connectivity index (χ3n) is 8.54. The fourth-order valence-corrected chi connectivity index (χ4v) is 6.69. The monoisotopic (exact) mass is 551 g/mol. The summed E-state index contributed by atoms with van der Waals surface area (Å²) >= 11 is 0. The summed E-state index contributed by atoms with van der Waals surface area (Å²) in [4.78, 5) is 0. The Labute approximate surface area is 256 Å². The summed E-state index contributed by atoms with van der Waals surface area (Å²) in [5, 5.41) is 7.63. The topological polar surface area (TPSA) is 13.1 Å². The number of fused-ring (bicyclic) bond motifs is 7. The first-order valence-corrected chi connectivity index (χ1v) is 14.4. The quantitative estimate of drug-likeness (QED) is 0.199. The maximum Gasteiger partial charge on any atom is 0.143 e. The van der Waals surface area contributed by atoms with E-state index in [0.717, 1.165) is 76.5 Å². The Kier molecular flexibility index (Phi) is 4.27. The van der Waals surface area contributed by atoms with Crippen LogP contribution in [-0.4, -0.2) is 0 Å². The number of furan rings is 1. The zero-order valence-electron chi connectivity index (χ0n) is 28.0. The molecule has 1 nitrogen and oxygen atoms in total. The van der Waals surface area contributed by atoms with E-state index in [1.807, 2.05) is 60.7 Å². The van der Waals surface area contributed by atoms with Crippen LogP contribution in [0.2, 0.25) is 0 Å². The first-order valence-electron chi connectivity index (χ1n) is 16.9. The summed E-state index contributed by atoms with van der Waals surface area (Å²) in [5.41, 5.74) is 6.43. The number of rotatable bonds is 3. The normalized spacial score (nSPS) is 13.3. The molecule has 0 saturated heterocycles. The number of hydrogen-bond donors (Lipinski definition) is 0. The highest BCUT2D eigenvalue weighted by molar-refractivity contribution is 6.27. The highest BCUT2D eigenvalue weighted by Crippen LogP contribution is 2.48. The van der Waals surface area contributed by atoms with Gasteiger partial charge in [-0.15, -0.1) is 0 Å². The van der Waals surface area contributed by atoms with Gasteiger partial charge in [0, 0.05) is 16.2 Å². The van der Waals surface area contributed by atoms with Gasteiger partial charge in [-0.3, -0.25) is 0 Å². The smallest absolute Gasteiger partial charge is 0.143 e. The minimum atomic E-state index is -0.407. The lowest BCUT2D eigenvalue weighted by molar-refractivity contribution is 0.673. The molecule has 0 N–H and O–H groups in total. The van der Waals surface area contributed by atoms with Gasteiger partial charge in [0.1, 0.15) is 11.2 Å². The fourth-order valence-electron chi connectivity index (χ4n) is 6.69. The van der Waals surface area contributed by atoms with Gasteiger partial charge in [-0.1, -0.05) is 139 Å². The van der Waals surface area contributed by atoms with Crippen molar-refractivity contribution in [3.63, 3.8) is 0 Å². The molecule has 1 aromatic heterocycles. The molecule has 43 heavy (non-hydrogen) atoms. The van der Waals surface area contributed by atoms with Crippen LogP contribution >= 0.6 is 0 Å². The molecule has 0 radical (unpaired) electrons. The largest absolute Gasteiger partial charge is 0.455 e. The lowest BCUT2D eigenvalue weighted by Crippen LogP contribution is -1.92. The SMILES string of the molecule is [2H]c1c([2H])c([2H])c(-c2c3ccccc3c(-c3cccc4oc5c6ccccc6ccc5c34)c3ccc(-c4ccccc4)cc23)c([2H])c1[2H]. The van der Waals surface area contributed by atoms with Crippen molar-refractivity contribution in [2.75, 3.05) is 0 Å². The van der Waals surface area contributed by atoms with Crippen LogP contribution in [0.5, 0.6) is 0 Å². The van der Waals surface area contributed by atoms with E-state index in [-0.39, 0.29) is 29.7 Å². The Balaban J connectivity index is 1.48. The molecule has 0 saturated carbocycles. The van der Waals surface area contributed by atoms with Crippen molar-refractivity contribution < 1.29 is 11.3 Å². The van der Waals surface area contributed by atoms with Crippen molar-refractivity contribution in [2.45, 2.75) is 0 Å². The molecule has 0 unspecified atom stereocenters. The second kappa shape index (κ2) is 9.44. The average molecular weight is 552 g/mol. The van der Waals surface area contributed by atoms with Crippen molar-refractivity contribution in [3.8, 4) is 33.4 Å². The van der Waals surface area contributed by atoms with E-state index in [9.17, 15) is 0 Å². The zero-order valence-corrected chi connectivity index (χ0v) is 23.0. The van der Waals surface area contributed by atoms with Crippen molar-refractivity contribution in [1.29, 1.82) is 0 Å². The van der Waals surface area contributed by atoms with Crippen molar-refractivity contribution in [3.05, 3.63) is 158 Å². The summed E-state index contributed by atoms with van der Waals surface area (Å²) < 4.78 is 50.0. The lowest BCUT2D eigenvalue weighted by atomic mass is 9.84. The summed E-state index contributed by atoms with van der Waals surface area (Å²) in [5.74, 6) is 0. The van der Waals surface area contributed by atoms with Crippen molar-refractivity contribution >= 4 is 54.3 Å². The summed E-state index contributed by atoms with van der Waals surface area (Å²) in [6, 6.07) is 41.4. The van der Waals surface area contributed by atoms with Crippen LogP contribution in [0, 0.1) is 0 Å². The van der Waals surface area contributed by atoms with E-state index < -0.39 is 6.04 Å². The predicted octanol–water partition coefficient (Wildman–Crippen LogP) is 12.0. The molecule has 200 valence electrons. The van der Waals surface area contributed by atoms with Crippen LogP contribution in [0.1, 0.15) is 6.85 Å². The minimum absolute atomic E-state index is 0.192. The third-order valence-corrected chi connectivity index (χ3v) is 8.54. The Morgan fingerprint density at radius 2 is 1.14 bits per heavy atom. The van der Waals surface area contributed by atoms with E-state index in [1.165, 1.54) is 0 Å². The lowest BCUT2D eigenvalue weighted by Gasteiger charge is -2.19. The highest BCUT2D eigenvalue weighted by atomic mass is 16.3. The Morgan fingerprint density at radius 1 is 0.442 bits per heavy atom. The molecule has 8 aromatic carbocycles. The highest BCUT2D eigenvalue weighted by Gasteiger charge is 2.21. The standard InChI is InChI=1S/C42H26O/c1-3-12-27(13-4-1)30-23-24-34-37(26-30)39(29-15-5-2-6-16-29)32-18-9-10-19-33(32)40(34)35-20-11-21-38-41(35)36-25-22-28-14-7-8-17-31(28)42(36)43-38/h1-26H/i2D,5D,6D,15D,16D. The number of hydrogen-bond acceptors (Lipinski definition) is 1. The summed E-state index contributed by atoms with van der Waals surface area (Å²) in [6.45, 7) is 0. The summed E-state index contributed by atoms with van der Waals surface area (Å²) in [7, 11) is 0. The molecular weight excluding hydrogens is 520 g/mol. The van der Waals surface area contributed by atoms with Gasteiger partial charge in [0.15, 0.2) is 0 Å². The molecule has 1 heterocycles. The van der Waals surface area contributed by atoms with Crippen LogP contribution in [0.25, 0.3) is 87.6 Å². The molecule has 1 heteroatoms. The van der Waals surface area contributed by atoms with Gasteiger partial charge in [-0.05, 0) is 78.5 Å². The van der Waals surface area contributed by atoms with E-state index in [4.69, 9.17) is 11.3 Å². The molecule has 0 aliphatic heterocycles. The van der Waals surface area contributed by atoms with Gasteiger partial charge < -0.3 is 4.42 Å². The zero-order chi connectivity index (χ0) is 32.7. The predicted molar refractivity (Wildman–Crippen MR) is 183 cm³/mol. The minimum Gasteiger partial charge on any atom is -0.455 e. The van der Waals surface area contributed by atoms with E-state index in [2.05, 4.69) is 66.7 Å².